The summed E-state index contributed by atoms with van der Waals surface area (Å²) in [6, 6.07) is 0. The predicted octanol–water partition coefficient (Wildman–Crippen LogP) is 0.380. The van der Waals surface area contributed by atoms with E-state index in [0.29, 0.717) is 0 Å². The topological polar surface area (TPSA) is 37.3 Å². The maximum Gasteiger partial charge on any atom is 0.218 e. The van der Waals surface area contributed by atoms with Gasteiger partial charge in [-0.1, -0.05) is 0 Å². The van der Waals surface area contributed by atoms with Crippen molar-refractivity contribution in [3.8, 4) is 0 Å². The van der Waals surface area contributed by atoms with Gasteiger partial charge >= 0.3 is 0 Å². The smallest absolute Gasteiger partial charge is 0.218 e. The van der Waals surface area contributed by atoms with Crippen LogP contribution < -0.4 is 0 Å². The summed E-state index contributed by atoms with van der Waals surface area (Å²) < 4.78 is 0. The van der Waals surface area contributed by atoms with Crippen LogP contribution >= 0.6 is 11.6 Å². The average Bonchev–Trinajstić information content (AvgIpc) is 1.41. The van der Waals surface area contributed by atoms with Crippen LogP contribution in [0.4, 0.5) is 0 Å². The summed E-state index contributed by atoms with van der Waals surface area (Å²) >= 11 is 4.64. The fourth-order valence-corrected chi connectivity index (χ4v) is 0. The lowest BCUT2D eigenvalue weighted by molar-refractivity contribution is -0.109. The zero-order chi connectivity index (χ0) is 5.58. The van der Waals surface area contributed by atoms with Crippen molar-refractivity contribution in [1.82, 2.24) is 0 Å². The molecule has 0 aromatic rings. The molecule has 0 spiro atoms. The van der Waals surface area contributed by atoms with Crippen molar-refractivity contribution in [2.45, 2.75) is 6.92 Å². The quantitative estimate of drug-likeness (QED) is 0.458. The van der Waals surface area contributed by atoms with E-state index in [0.717, 1.165) is 7.11 Å². The number of carbonyl (C=O) groups is 1. The molecule has 2 nitrogen and oxygen atoms in total. The van der Waals surface area contributed by atoms with E-state index >= 15 is 0 Å². The zero-order valence-electron chi connectivity index (χ0n) is 3.73. The number of carbonyl (C=O) groups excluding carboxylic acids is 1. The first-order chi connectivity index (χ1) is 2.73. The van der Waals surface area contributed by atoms with Gasteiger partial charge in [-0.25, -0.2) is 0 Å². The van der Waals surface area contributed by atoms with Gasteiger partial charge in [0.15, 0.2) is 0 Å². The molecule has 1 N–H and O–H groups in total. The number of aliphatic hydroxyl groups excluding tert-OH is 1. The summed E-state index contributed by atoms with van der Waals surface area (Å²) in [7, 11) is 1.00. The highest BCUT2D eigenvalue weighted by Crippen LogP contribution is 1.67. The normalized spacial score (nSPS) is 5.33. The fourth-order valence-electron chi connectivity index (χ4n) is 0. The monoisotopic (exact) mass is 110 g/mol. The number of hydrogen-bond donors (Lipinski definition) is 1. The second kappa shape index (κ2) is 8.87. The molecule has 0 saturated heterocycles. The first-order valence-electron chi connectivity index (χ1n) is 1.34. The van der Waals surface area contributed by atoms with Crippen LogP contribution in [0.3, 0.4) is 0 Å². The van der Waals surface area contributed by atoms with Crippen LogP contribution in [-0.2, 0) is 4.79 Å². The van der Waals surface area contributed by atoms with E-state index in [1.165, 1.54) is 6.92 Å². The van der Waals surface area contributed by atoms with Crippen molar-refractivity contribution in [1.29, 1.82) is 0 Å². The van der Waals surface area contributed by atoms with Crippen molar-refractivity contribution >= 4 is 16.8 Å². The third-order valence-electron chi connectivity index (χ3n) is 0. The Hall–Kier alpha value is -0.0800. The molecule has 0 saturated carbocycles. The molecule has 0 aliphatic rings. The molecule has 3 heteroatoms. The second-order valence-corrected chi connectivity index (χ2v) is 1.00. The van der Waals surface area contributed by atoms with Crippen LogP contribution in [0.5, 0.6) is 0 Å². The predicted molar refractivity (Wildman–Crippen MR) is 24.7 cm³/mol. The molecule has 38 valence electrons. The minimum Gasteiger partial charge on any atom is -0.400 e. The van der Waals surface area contributed by atoms with Gasteiger partial charge in [0.05, 0.1) is 0 Å². The molecular weight excluding hydrogens is 103 g/mol. The van der Waals surface area contributed by atoms with E-state index < -0.39 is 0 Å². The Morgan fingerprint density at radius 2 is 1.67 bits per heavy atom. The summed E-state index contributed by atoms with van der Waals surface area (Å²) in [5, 5.41) is 6.64. The minimum absolute atomic E-state index is 0.361. The van der Waals surface area contributed by atoms with E-state index in [1.807, 2.05) is 0 Å². The van der Waals surface area contributed by atoms with E-state index in [2.05, 4.69) is 11.6 Å². The molecule has 0 aliphatic carbocycles. The lowest BCUT2D eigenvalue weighted by Crippen LogP contribution is -1.62. The summed E-state index contributed by atoms with van der Waals surface area (Å²) in [4.78, 5) is 9.21. The van der Waals surface area contributed by atoms with Crippen LogP contribution in [0.25, 0.3) is 0 Å². The second-order valence-electron chi connectivity index (χ2n) is 0.470. The minimum atomic E-state index is -0.361. The van der Waals surface area contributed by atoms with Crippen molar-refractivity contribution in [2.24, 2.45) is 0 Å². The Kier molecular flexibility index (Phi) is 13.8. The maximum absolute atomic E-state index is 9.21. The van der Waals surface area contributed by atoms with Gasteiger partial charge < -0.3 is 5.11 Å². The van der Waals surface area contributed by atoms with Gasteiger partial charge in [-0.05, 0) is 11.6 Å². The Bertz CT molecular complexity index is 31.8. The molecular formula is C3H7ClO2. The van der Waals surface area contributed by atoms with E-state index in [1.54, 1.807) is 0 Å². The summed E-state index contributed by atoms with van der Waals surface area (Å²) in [5.74, 6) is 0. The number of halogens is 1. The molecule has 0 aromatic carbocycles. The lowest BCUT2D eigenvalue weighted by atomic mass is 10.9. The van der Waals surface area contributed by atoms with Crippen molar-refractivity contribution < 1.29 is 9.90 Å². The molecule has 0 aliphatic heterocycles. The van der Waals surface area contributed by atoms with E-state index in [-0.39, 0.29) is 5.24 Å². The summed E-state index contributed by atoms with van der Waals surface area (Å²) in [6.07, 6.45) is 0. The van der Waals surface area contributed by atoms with Gasteiger partial charge in [0.2, 0.25) is 5.24 Å². The third kappa shape index (κ3) is 5220. The van der Waals surface area contributed by atoms with E-state index in [9.17, 15) is 4.79 Å². The number of rotatable bonds is 0. The highest BCUT2D eigenvalue weighted by molar-refractivity contribution is 6.62. The standard InChI is InChI=1S/C2H3ClO.CH4O/c1-2(3)4;1-2/h1H3;2H,1H3. The van der Waals surface area contributed by atoms with Crippen molar-refractivity contribution in [3.05, 3.63) is 0 Å². The van der Waals surface area contributed by atoms with E-state index in [4.69, 9.17) is 5.11 Å². The average molecular weight is 111 g/mol. The Morgan fingerprint density at radius 1 is 1.67 bits per heavy atom. The highest BCUT2D eigenvalue weighted by Gasteiger charge is 1.67. The van der Waals surface area contributed by atoms with Gasteiger partial charge in [-0.3, -0.25) is 4.79 Å². The summed E-state index contributed by atoms with van der Waals surface area (Å²) in [6.45, 7) is 1.29. The maximum atomic E-state index is 9.21. The molecule has 0 heterocycles. The molecule has 0 unspecified atom stereocenters. The molecule has 0 fully saturated rings. The van der Waals surface area contributed by atoms with Crippen LogP contribution in [0.15, 0.2) is 0 Å². The van der Waals surface area contributed by atoms with Gasteiger partial charge in [-0.2, -0.15) is 0 Å². The molecule has 0 atom stereocenters. The van der Waals surface area contributed by atoms with Crippen LogP contribution in [0.1, 0.15) is 6.92 Å². The van der Waals surface area contributed by atoms with Crippen molar-refractivity contribution in [3.63, 3.8) is 0 Å². The van der Waals surface area contributed by atoms with Crippen molar-refractivity contribution in [2.75, 3.05) is 7.11 Å². The Labute approximate surface area is 41.7 Å². The zero-order valence-corrected chi connectivity index (χ0v) is 4.49. The first-order valence-corrected chi connectivity index (χ1v) is 1.72. The molecule has 6 heavy (non-hydrogen) atoms. The number of hydrogen-bond acceptors (Lipinski definition) is 2. The van der Waals surface area contributed by atoms with Crippen LogP contribution in [-0.4, -0.2) is 17.5 Å². The van der Waals surface area contributed by atoms with Gasteiger partial charge in [-0.15, -0.1) is 0 Å². The lowest BCUT2D eigenvalue weighted by Gasteiger charge is -1.52. The SMILES string of the molecule is CC(=O)Cl.CO. The molecule has 0 bridgehead atoms. The fraction of sp³-hybridized carbons (Fsp3) is 0.667. The molecule has 0 rings (SSSR count). The Balaban J connectivity index is 0. The van der Waals surface area contributed by atoms with Gasteiger partial charge in [0.1, 0.15) is 0 Å². The summed E-state index contributed by atoms with van der Waals surface area (Å²) in [5.41, 5.74) is 0. The highest BCUT2D eigenvalue weighted by atomic mass is 35.5. The Morgan fingerprint density at radius 3 is 1.67 bits per heavy atom. The molecule has 0 radical (unpaired) electrons. The van der Waals surface area contributed by atoms with Gasteiger partial charge in [0.25, 0.3) is 0 Å². The largest absolute Gasteiger partial charge is 0.400 e. The third-order valence-corrected chi connectivity index (χ3v) is 0. The molecule has 0 amide bonds. The number of aliphatic hydroxyl groups is 1. The molecule has 0 aromatic heterocycles. The van der Waals surface area contributed by atoms with Gasteiger partial charge in [0, 0.05) is 14.0 Å². The van der Waals surface area contributed by atoms with Crippen LogP contribution in [0, 0.1) is 0 Å². The van der Waals surface area contributed by atoms with Crippen LogP contribution in [0.2, 0.25) is 0 Å². The first kappa shape index (κ1) is 9.33.